The molecular weight excluding hydrogens is 420 g/mol. The minimum absolute atomic E-state index is 0.358. The molecule has 1 saturated carbocycles. The standard InChI is InChI=1S/C29H30N4O/c1-2-19-5-10-23(11-6-19)32-29-24-13-22(9-12-28(24)30-18-31-29)21-7-3-20(4-8-21)14-33-15-25-26(16-33)27(25)17-34/h3-13,18,25-27,34H,2,14-17H2,1H3,(H,30,31,32). The number of aliphatic hydroxyl groups excluding tert-OH is 1. The number of piperidine rings is 1. The first-order chi connectivity index (χ1) is 16.7. The number of hydrogen-bond donors (Lipinski definition) is 2. The van der Waals surface area contributed by atoms with Crippen LogP contribution in [0.2, 0.25) is 0 Å². The van der Waals surface area contributed by atoms with E-state index in [0.717, 1.165) is 65.9 Å². The Bertz CT molecular complexity index is 1290. The van der Waals surface area contributed by atoms with Crippen molar-refractivity contribution in [3.05, 3.63) is 84.2 Å². The first-order valence-corrected chi connectivity index (χ1v) is 12.2. The molecule has 1 saturated heterocycles. The van der Waals surface area contributed by atoms with Crippen LogP contribution in [0.5, 0.6) is 0 Å². The lowest BCUT2D eigenvalue weighted by Gasteiger charge is -2.19. The molecule has 2 N–H and O–H groups in total. The molecule has 2 heterocycles. The molecule has 34 heavy (non-hydrogen) atoms. The van der Waals surface area contributed by atoms with E-state index in [-0.39, 0.29) is 0 Å². The van der Waals surface area contributed by atoms with Gasteiger partial charge >= 0.3 is 0 Å². The Morgan fingerprint density at radius 1 is 0.882 bits per heavy atom. The smallest absolute Gasteiger partial charge is 0.141 e. The number of likely N-dealkylation sites (tertiary alicyclic amines) is 1. The highest BCUT2D eigenvalue weighted by atomic mass is 16.3. The van der Waals surface area contributed by atoms with E-state index in [1.54, 1.807) is 6.33 Å². The van der Waals surface area contributed by atoms with E-state index >= 15 is 0 Å². The van der Waals surface area contributed by atoms with E-state index in [0.29, 0.717) is 12.5 Å². The maximum atomic E-state index is 9.37. The number of aliphatic hydroxyl groups is 1. The molecule has 2 unspecified atom stereocenters. The molecule has 1 aliphatic heterocycles. The number of fused-ring (bicyclic) bond motifs is 2. The number of anilines is 2. The normalized spacial score (nSPS) is 21.5. The summed E-state index contributed by atoms with van der Waals surface area (Å²) in [5.74, 6) is 2.82. The monoisotopic (exact) mass is 450 g/mol. The van der Waals surface area contributed by atoms with Crippen molar-refractivity contribution in [3.63, 3.8) is 0 Å². The van der Waals surface area contributed by atoms with Gasteiger partial charge in [0.1, 0.15) is 12.1 Å². The van der Waals surface area contributed by atoms with Gasteiger partial charge in [-0.2, -0.15) is 0 Å². The van der Waals surface area contributed by atoms with E-state index in [2.05, 4.69) is 93.8 Å². The van der Waals surface area contributed by atoms with Gasteiger partial charge in [0.25, 0.3) is 0 Å². The highest BCUT2D eigenvalue weighted by Crippen LogP contribution is 2.51. The zero-order chi connectivity index (χ0) is 23.1. The van der Waals surface area contributed by atoms with Crippen molar-refractivity contribution in [1.29, 1.82) is 0 Å². The first-order valence-electron chi connectivity index (χ1n) is 12.2. The number of aryl methyl sites for hydroxylation is 1. The highest BCUT2D eigenvalue weighted by molar-refractivity contribution is 5.93. The number of hydrogen-bond acceptors (Lipinski definition) is 5. The molecule has 6 rings (SSSR count). The minimum atomic E-state index is 0.358. The van der Waals surface area contributed by atoms with Crippen molar-refractivity contribution < 1.29 is 5.11 Å². The van der Waals surface area contributed by atoms with Gasteiger partial charge in [0.15, 0.2) is 0 Å². The van der Waals surface area contributed by atoms with E-state index in [1.165, 1.54) is 16.7 Å². The number of benzene rings is 3. The lowest BCUT2D eigenvalue weighted by molar-refractivity contribution is 0.217. The van der Waals surface area contributed by atoms with Crippen LogP contribution < -0.4 is 5.32 Å². The first kappa shape index (κ1) is 21.3. The zero-order valence-corrected chi connectivity index (χ0v) is 19.5. The van der Waals surface area contributed by atoms with Gasteiger partial charge in [0, 0.05) is 37.3 Å². The van der Waals surface area contributed by atoms with Crippen LogP contribution in [0, 0.1) is 17.8 Å². The molecular formula is C29H30N4O. The molecule has 2 atom stereocenters. The lowest BCUT2D eigenvalue weighted by Crippen LogP contribution is -2.24. The average Bonchev–Trinajstić information content (AvgIpc) is 3.37. The molecule has 0 spiro atoms. The second-order valence-electron chi connectivity index (χ2n) is 9.69. The maximum Gasteiger partial charge on any atom is 0.141 e. The average molecular weight is 451 g/mol. The van der Waals surface area contributed by atoms with Gasteiger partial charge in [0.2, 0.25) is 0 Å². The molecule has 4 aromatic rings. The third-order valence-electron chi connectivity index (χ3n) is 7.61. The largest absolute Gasteiger partial charge is 0.396 e. The van der Waals surface area contributed by atoms with Gasteiger partial charge in [-0.1, -0.05) is 49.4 Å². The third kappa shape index (κ3) is 4.06. The van der Waals surface area contributed by atoms with Crippen LogP contribution in [0.1, 0.15) is 18.1 Å². The van der Waals surface area contributed by atoms with Crippen LogP contribution in [0.4, 0.5) is 11.5 Å². The Hall–Kier alpha value is -3.28. The summed E-state index contributed by atoms with van der Waals surface area (Å²) in [6, 6.07) is 23.8. The SMILES string of the molecule is CCc1ccc(Nc2ncnc3ccc(-c4ccc(CN5CC6C(CO)C6C5)cc4)cc23)cc1. The molecule has 5 heteroatoms. The molecule has 5 nitrogen and oxygen atoms in total. The Kier molecular flexibility index (Phi) is 5.52. The molecule has 1 aliphatic carbocycles. The summed E-state index contributed by atoms with van der Waals surface area (Å²) in [6.45, 7) is 5.76. The summed E-state index contributed by atoms with van der Waals surface area (Å²) in [6.07, 6.45) is 2.65. The Balaban J connectivity index is 1.20. The summed E-state index contributed by atoms with van der Waals surface area (Å²) in [5, 5.41) is 13.9. The van der Waals surface area contributed by atoms with E-state index in [9.17, 15) is 5.11 Å². The highest BCUT2D eigenvalue weighted by Gasteiger charge is 2.54. The fourth-order valence-corrected chi connectivity index (χ4v) is 5.49. The summed E-state index contributed by atoms with van der Waals surface area (Å²) in [7, 11) is 0. The van der Waals surface area contributed by atoms with Crippen molar-refractivity contribution in [1.82, 2.24) is 14.9 Å². The summed E-state index contributed by atoms with van der Waals surface area (Å²) in [5.41, 5.74) is 6.96. The molecule has 172 valence electrons. The van der Waals surface area contributed by atoms with Crippen LogP contribution in [0.3, 0.4) is 0 Å². The quantitative estimate of drug-likeness (QED) is 0.402. The molecule has 1 aromatic heterocycles. The molecule has 0 radical (unpaired) electrons. The van der Waals surface area contributed by atoms with Gasteiger partial charge in [-0.05, 0) is 70.7 Å². The summed E-state index contributed by atoms with van der Waals surface area (Å²) < 4.78 is 0. The van der Waals surface area contributed by atoms with Crippen LogP contribution in [-0.2, 0) is 13.0 Å². The zero-order valence-electron chi connectivity index (χ0n) is 19.5. The van der Waals surface area contributed by atoms with Crippen LogP contribution in [0.25, 0.3) is 22.0 Å². The molecule has 3 aromatic carbocycles. The predicted octanol–water partition coefficient (Wildman–Crippen LogP) is 5.27. The maximum absolute atomic E-state index is 9.37. The number of nitrogens with one attached hydrogen (secondary N) is 1. The topological polar surface area (TPSA) is 61.3 Å². The summed E-state index contributed by atoms with van der Waals surface area (Å²) in [4.78, 5) is 11.5. The van der Waals surface area contributed by atoms with Gasteiger partial charge < -0.3 is 10.4 Å². The Morgan fingerprint density at radius 3 is 2.29 bits per heavy atom. The lowest BCUT2D eigenvalue weighted by atomic mass is 10.0. The van der Waals surface area contributed by atoms with Gasteiger partial charge in [-0.3, -0.25) is 4.90 Å². The number of rotatable bonds is 7. The Labute approximate surface area is 200 Å². The summed E-state index contributed by atoms with van der Waals surface area (Å²) >= 11 is 0. The molecule has 2 aliphatic rings. The van der Waals surface area contributed by atoms with E-state index in [4.69, 9.17) is 0 Å². The van der Waals surface area contributed by atoms with Crippen LogP contribution >= 0.6 is 0 Å². The fraction of sp³-hybridized carbons (Fsp3) is 0.310. The van der Waals surface area contributed by atoms with Crippen LogP contribution in [0.15, 0.2) is 73.1 Å². The van der Waals surface area contributed by atoms with Crippen molar-refractivity contribution in [3.8, 4) is 11.1 Å². The van der Waals surface area contributed by atoms with Gasteiger partial charge in [-0.25, -0.2) is 9.97 Å². The van der Waals surface area contributed by atoms with Crippen LogP contribution in [-0.4, -0.2) is 39.7 Å². The predicted molar refractivity (Wildman–Crippen MR) is 137 cm³/mol. The van der Waals surface area contributed by atoms with Gasteiger partial charge in [-0.15, -0.1) is 0 Å². The minimum Gasteiger partial charge on any atom is -0.396 e. The van der Waals surface area contributed by atoms with Crippen molar-refractivity contribution in [2.24, 2.45) is 17.8 Å². The third-order valence-corrected chi connectivity index (χ3v) is 7.61. The van der Waals surface area contributed by atoms with Crippen molar-refractivity contribution in [2.75, 3.05) is 25.0 Å². The molecule has 0 amide bonds. The number of nitrogens with zero attached hydrogens (tertiary/aromatic N) is 3. The van der Waals surface area contributed by atoms with Crippen molar-refractivity contribution in [2.45, 2.75) is 19.9 Å². The number of aromatic nitrogens is 2. The fourth-order valence-electron chi connectivity index (χ4n) is 5.49. The van der Waals surface area contributed by atoms with Crippen molar-refractivity contribution >= 4 is 22.4 Å². The van der Waals surface area contributed by atoms with Gasteiger partial charge in [0.05, 0.1) is 5.52 Å². The Morgan fingerprint density at radius 2 is 1.59 bits per heavy atom. The molecule has 0 bridgehead atoms. The van der Waals surface area contributed by atoms with E-state index in [1.807, 2.05) is 0 Å². The van der Waals surface area contributed by atoms with E-state index < -0.39 is 0 Å². The molecule has 2 fully saturated rings. The second kappa shape index (κ2) is 8.82. The second-order valence-corrected chi connectivity index (χ2v) is 9.69.